The molecule has 5 heteroatoms. The van der Waals surface area contributed by atoms with Crippen LogP contribution in [0, 0.1) is 17.6 Å². The smallest absolute Gasteiger partial charge is 0.254 e. The predicted octanol–water partition coefficient (Wildman–Crippen LogP) is 2.10. The number of carbonyl (C=O) groups excluding carboxylic acids is 1. The largest absolute Gasteiger partial charge is 0.396 e. The Bertz CT molecular complexity index is 410. The summed E-state index contributed by atoms with van der Waals surface area (Å²) in [6.45, 7) is 2.32. The lowest BCUT2D eigenvalue weighted by Gasteiger charge is -2.14. The Labute approximate surface area is 105 Å². The molecule has 18 heavy (non-hydrogen) atoms. The van der Waals surface area contributed by atoms with Gasteiger partial charge in [0.1, 0.15) is 0 Å². The third-order valence-electron chi connectivity index (χ3n) is 2.86. The molecule has 1 aromatic carbocycles. The van der Waals surface area contributed by atoms with Crippen LogP contribution in [0.2, 0.25) is 0 Å². The van der Waals surface area contributed by atoms with E-state index in [9.17, 15) is 13.6 Å². The Morgan fingerprint density at radius 2 is 2.17 bits per heavy atom. The maximum atomic E-state index is 13.3. The van der Waals surface area contributed by atoms with Crippen LogP contribution in [-0.2, 0) is 0 Å². The molecule has 0 aromatic heterocycles. The molecule has 0 aliphatic rings. The van der Waals surface area contributed by atoms with E-state index in [1.54, 1.807) is 0 Å². The van der Waals surface area contributed by atoms with E-state index >= 15 is 0 Å². The van der Waals surface area contributed by atoms with Crippen molar-refractivity contribution in [2.45, 2.75) is 19.8 Å². The van der Waals surface area contributed by atoms with E-state index in [-0.39, 0.29) is 18.1 Å². The molecule has 3 nitrogen and oxygen atoms in total. The second-order valence-corrected chi connectivity index (χ2v) is 4.10. The molecule has 1 amide bonds. The maximum absolute atomic E-state index is 13.3. The van der Waals surface area contributed by atoms with Gasteiger partial charge in [0.15, 0.2) is 11.6 Å². The summed E-state index contributed by atoms with van der Waals surface area (Å²) in [5.41, 5.74) is -0.297. The first-order valence-corrected chi connectivity index (χ1v) is 5.93. The number of rotatable bonds is 6. The molecular formula is C13H17F2NO2. The van der Waals surface area contributed by atoms with Crippen LogP contribution in [0.5, 0.6) is 0 Å². The molecule has 0 heterocycles. The van der Waals surface area contributed by atoms with Gasteiger partial charge in [0, 0.05) is 13.2 Å². The highest BCUT2D eigenvalue weighted by atomic mass is 19.2. The van der Waals surface area contributed by atoms with E-state index in [0.717, 1.165) is 12.5 Å². The van der Waals surface area contributed by atoms with Crippen LogP contribution in [0.3, 0.4) is 0 Å². The van der Waals surface area contributed by atoms with Crippen molar-refractivity contribution in [2.75, 3.05) is 13.2 Å². The van der Waals surface area contributed by atoms with Crippen LogP contribution in [-0.4, -0.2) is 24.2 Å². The van der Waals surface area contributed by atoms with Crippen molar-refractivity contribution in [3.63, 3.8) is 0 Å². The highest BCUT2D eigenvalue weighted by Gasteiger charge is 2.15. The molecule has 100 valence electrons. The van der Waals surface area contributed by atoms with Gasteiger partial charge in [-0.15, -0.1) is 0 Å². The van der Waals surface area contributed by atoms with Gasteiger partial charge in [-0.1, -0.05) is 19.4 Å². The molecule has 2 N–H and O–H groups in total. The third-order valence-corrected chi connectivity index (χ3v) is 2.86. The first kappa shape index (κ1) is 14.6. The Morgan fingerprint density at radius 3 is 2.78 bits per heavy atom. The van der Waals surface area contributed by atoms with Crippen LogP contribution >= 0.6 is 0 Å². The molecule has 0 fully saturated rings. The van der Waals surface area contributed by atoms with Crippen LogP contribution in [0.15, 0.2) is 18.2 Å². The quantitative estimate of drug-likeness (QED) is 0.820. The Hall–Kier alpha value is -1.49. The molecule has 0 aliphatic carbocycles. The number of amides is 1. The summed E-state index contributed by atoms with van der Waals surface area (Å²) in [6, 6.07) is 3.49. The van der Waals surface area contributed by atoms with Gasteiger partial charge >= 0.3 is 0 Å². The SMILES string of the molecule is CCC(CCO)CNC(=O)c1cccc(F)c1F. The van der Waals surface area contributed by atoms with Gasteiger partial charge in [-0.3, -0.25) is 4.79 Å². The Balaban J connectivity index is 2.62. The molecule has 0 saturated heterocycles. The molecule has 0 bridgehead atoms. The summed E-state index contributed by atoms with van der Waals surface area (Å²) in [6.07, 6.45) is 1.37. The lowest BCUT2D eigenvalue weighted by Crippen LogP contribution is -2.30. The standard InChI is InChI=1S/C13H17F2NO2/c1-2-9(6-7-17)8-16-13(18)10-4-3-5-11(14)12(10)15/h3-5,9,17H,2,6-8H2,1H3,(H,16,18). The lowest BCUT2D eigenvalue weighted by molar-refractivity contribution is 0.0938. The van der Waals surface area contributed by atoms with Crippen molar-refractivity contribution in [1.29, 1.82) is 0 Å². The first-order valence-electron chi connectivity index (χ1n) is 5.93. The second-order valence-electron chi connectivity index (χ2n) is 4.10. The first-order chi connectivity index (χ1) is 8.60. The van der Waals surface area contributed by atoms with E-state index in [4.69, 9.17) is 5.11 Å². The van der Waals surface area contributed by atoms with E-state index in [0.29, 0.717) is 13.0 Å². The van der Waals surface area contributed by atoms with Gasteiger partial charge in [-0.2, -0.15) is 0 Å². The van der Waals surface area contributed by atoms with Crippen LogP contribution in [0.1, 0.15) is 30.1 Å². The fourth-order valence-corrected chi connectivity index (χ4v) is 1.64. The maximum Gasteiger partial charge on any atom is 0.254 e. The number of nitrogens with one attached hydrogen (secondary N) is 1. The molecule has 1 aromatic rings. The average molecular weight is 257 g/mol. The minimum absolute atomic E-state index is 0.0443. The zero-order valence-corrected chi connectivity index (χ0v) is 10.2. The number of halogens is 2. The minimum Gasteiger partial charge on any atom is -0.396 e. The van der Waals surface area contributed by atoms with Crippen LogP contribution in [0.4, 0.5) is 8.78 Å². The summed E-state index contributed by atoms with van der Waals surface area (Å²) in [5, 5.41) is 11.4. The molecular weight excluding hydrogens is 240 g/mol. The average Bonchev–Trinajstić information content (AvgIpc) is 2.37. The highest BCUT2D eigenvalue weighted by Crippen LogP contribution is 2.12. The number of aliphatic hydroxyl groups excluding tert-OH is 1. The topological polar surface area (TPSA) is 49.3 Å². The fourth-order valence-electron chi connectivity index (χ4n) is 1.64. The van der Waals surface area contributed by atoms with Crippen LogP contribution in [0.25, 0.3) is 0 Å². The fraction of sp³-hybridized carbons (Fsp3) is 0.462. The second kappa shape index (κ2) is 7.06. The highest BCUT2D eigenvalue weighted by molar-refractivity contribution is 5.94. The van der Waals surface area contributed by atoms with Gasteiger partial charge in [0.25, 0.3) is 5.91 Å². The van der Waals surface area contributed by atoms with Crippen molar-refractivity contribution in [3.05, 3.63) is 35.4 Å². The molecule has 1 atom stereocenters. The van der Waals surface area contributed by atoms with E-state index in [1.807, 2.05) is 6.92 Å². The molecule has 1 unspecified atom stereocenters. The van der Waals surface area contributed by atoms with Gasteiger partial charge in [-0.05, 0) is 24.5 Å². The summed E-state index contributed by atoms with van der Waals surface area (Å²) >= 11 is 0. The lowest BCUT2D eigenvalue weighted by atomic mass is 10.0. The normalized spacial score (nSPS) is 12.2. The van der Waals surface area contributed by atoms with Gasteiger partial charge in [-0.25, -0.2) is 8.78 Å². The number of benzene rings is 1. The minimum atomic E-state index is -1.13. The van der Waals surface area contributed by atoms with Crippen molar-refractivity contribution >= 4 is 5.91 Å². The third kappa shape index (κ3) is 3.77. The Kier molecular flexibility index (Phi) is 5.71. The van der Waals surface area contributed by atoms with Crippen molar-refractivity contribution in [3.8, 4) is 0 Å². The molecule has 0 radical (unpaired) electrons. The summed E-state index contributed by atoms with van der Waals surface area (Å²) in [4.78, 5) is 11.7. The summed E-state index contributed by atoms with van der Waals surface area (Å²) < 4.78 is 26.3. The van der Waals surface area contributed by atoms with Crippen LogP contribution < -0.4 is 5.32 Å². The zero-order chi connectivity index (χ0) is 13.5. The number of carbonyl (C=O) groups is 1. The van der Waals surface area contributed by atoms with Gasteiger partial charge in [0.05, 0.1) is 5.56 Å². The van der Waals surface area contributed by atoms with E-state index < -0.39 is 17.5 Å². The molecule has 0 aliphatic heterocycles. The predicted molar refractivity (Wildman–Crippen MR) is 64.2 cm³/mol. The number of aliphatic hydroxyl groups is 1. The van der Waals surface area contributed by atoms with E-state index in [1.165, 1.54) is 12.1 Å². The molecule has 1 rings (SSSR count). The monoisotopic (exact) mass is 257 g/mol. The summed E-state index contributed by atoms with van der Waals surface area (Å²) in [7, 11) is 0. The van der Waals surface area contributed by atoms with Gasteiger partial charge < -0.3 is 10.4 Å². The van der Waals surface area contributed by atoms with Gasteiger partial charge in [0.2, 0.25) is 0 Å². The van der Waals surface area contributed by atoms with Crippen molar-refractivity contribution in [1.82, 2.24) is 5.32 Å². The number of hydrogen-bond acceptors (Lipinski definition) is 2. The molecule has 0 saturated carbocycles. The summed E-state index contributed by atoms with van der Waals surface area (Å²) in [5.74, 6) is -2.67. The van der Waals surface area contributed by atoms with Crippen molar-refractivity contribution in [2.24, 2.45) is 5.92 Å². The molecule has 0 spiro atoms. The Morgan fingerprint density at radius 1 is 1.44 bits per heavy atom. The number of hydrogen-bond donors (Lipinski definition) is 2. The van der Waals surface area contributed by atoms with Crippen molar-refractivity contribution < 1.29 is 18.7 Å². The van der Waals surface area contributed by atoms with E-state index in [2.05, 4.69) is 5.32 Å². The zero-order valence-electron chi connectivity index (χ0n) is 10.2.